The van der Waals surface area contributed by atoms with E-state index in [1.165, 1.54) is 23.3 Å². The van der Waals surface area contributed by atoms with Crippen LogP contribution in [0.4, 0.5) is 10.8 Å². The largest absolute Gasteiger partial charge is 0.472 e. The molecule has 0 unspecified atom stereocenters. The van der Waals surface area contributed by atoms with Gasteiger partial charge >= 0.3 is 0 Å². The van der Waals surface area contributed by atoms with E-state index in [9.17, 15) is 14.4 Å². The number of furan rings is 1. The zero-order chi connectivity index (χ0) is 36.4. The lowest BCUT2D eigenvalue weighted by Gasteiger charge is -2.37. The Morgan fingerprint density at radius 3 is 2.51 bits per heavy atom. The highest BCUT2D eigenvalue weighted by atomic mass is 32.1. The molecule has 8 rings (SSSR count). The van der Waals surface area contributed by atoms with Crippen molar-refractivity contribution in [1.29, 1.82) is 0 Å². The number of amides is 3. The first-order chi connectivity index (χ1) is 25.9. The normalized spacial score (nSPS) is 19.7. The molecule has 12 nitrogen and oxygen atoms in total. The van der Waals surface area contributed by atoms with Gasteiger partial charge in [-0.1, -0.05) is 37.5 Å². The smallest absolute Gasteiger partial charge is 0.252 e. The number of anilines is 2. The number of benzene rings is 2. The van der Waals surface area contributed by atoms with Crippen molar-refractivity contribution in [1.82, 2.24) is 25.1 Å². The average molecular weight is 736 g/mol. The lowest BCUT2D eigenvalue weighted by atomic mass is 9.82. The molecule has 2 saturated heterocycles. The van der Waals surface area contributed by atoms with Gasteiger partial charge in [-0.3, -0.25) is 14.4 Å². The number of thiazole rings is 1. The van der Waals surface area contributed by atoms with Crippen molar-refractivity contribution in [3.8, 4) is 22.5 Å². The maximum atomic E-state index is 14.3. The summed E-state index contributed by atoms with van der Waals surface area (Å²) >= 11 is 1.38. The van der Waals surface area contributed by atoms with Crippen molar-refractivity contribution in [2.24, 2.45) is 0 Å². The highest BCUT2D eigenvalue weighted by Gasteiger charge is 2.41. The number of hydrogen-bond donors (Lipinski definition) is 4. The second-order valence-corrected chi connectivity index (χ2v) is 15.2. The third-order valence-electron chi connectivity index (χ3n) is 11.0. The number of aromatic nitrogens is 2. The van der Waals surface area contributed by atoms with Crippen LogP contribution in [-0.2, 0) is 20.9 Å². The minimum Gasteiger partial charge on any atom is -0.472 e. The first-order valence-corrected chi connectivity index (χ1v) is 19.5. The van der Waals surface area contributed by atoms with Gasteiger partial charge in [0.2, 0.25) is 5.91 Å². The average Bonchev–Trinajstić information content (AvgIpc) is 3.96. The molecule has 1 aliphatic carbocycles. The second-order valence-electron chi connectivity index (χ2n) is 14.3. The summed E-state index contributed by atoms with van der Waals surface area (Å²) in [4.78, 5) is 48.4. The van der Waals surface area contributed by atoms with E-state index in [4.69, 9.17) is 14.9 Å². The number of piperidine rings is 1. The van der Waals surface area contributed by atoms with Gasteiger partial charge in [-0.2, -0.15) is 0 Å². The predicted molar refractivity (Wildman–Crippen MR) is 206 cm³/mol. The molecule has 3 aromatic heterocycles. The molecular weight excluding hydrogens is 691 g/mol. The molecule has 0 spiro atoms. The number of hydrogen-bond acceptors (Lipinski definition) is 9. The fourth-order valence-corrected chi connectivity index (χ4v) is 8.76. The SMILES string of the molecule is Nc1nc(-c2ccc(NC(=O)[C@]3(NC(=O)c4ccc5c(C6CCCCC6)c(-c6ccoc6)n(CC(=O)N6CCOCC6)c5c4)CCCNC3)cc2)cs1. The lowest BCUT2D eigenvalue weighted by molar-refractivity contribution is -0.135. The highest BCUT2D eigenvalue weighted by Crippen LogP contribution is 2.44. The van der Waals surface area contributed by atoms with Gasteiger partial charge < -0.3 is 40.3 Å². The third-order valence-corrected chi connectivity index (χ3v) is 11.6. The molecule has 0 bridgehead atoms. The van der Waals surface area contributed by atoms with E-state index >= 15 is 0 Å². The quantitative estimate of drug-likeness (QED) is 0.144. The number of fused-ring (bicyclic) bond motifs is 1. The summed E-state index contributed by atoms with van der Waals surface area (Å²) in [6, 6.07) is 15.2. The Balaban J connectivity index is 1.12. The summed E-state index contributed by atoms with van der Waals surface area (Å²) in [7, 11) is 0. The Kier molecular flexibility index (Phi) is 10.0. The van der Waals surface area contributed by atoms with Gasteiger partial charge in [-0.25, -0.2) is 4.98 Å². The molecule has 2 aliphatic heterocycles. The molecule has 5 heterocycles. The predicted octanol–water partition coefficient (Wildman–Crippen LogP) is 6.00. The van der Waals surface area contributed by atoms with Crippen LogP contribution in [0.5, 0.6) is 0 Å². The lowest BCUT2D eigenvalue weighted by Crippen LogP contribution is -2.64. The zero-order valence-electron chi connectivity index (χ0n) is 29.7. The van der Waals surface area contributed by atoms with Gasteiger partial charge in [0.25, 0.3) is 11.8 Å². The first kappa shape index (κ1) is 35.1. The number of nitrogen functional groups attached to an aromatic ring is 1. The van der Waals surface area contributed by atoms with Crippen LogP contribution in [0.25, 0.3) is 33.4 Å². The second kappa shape index (κ2) is 15.2. The third kappa shape index (κ3) is 7.20. The van der Waals surface area contributed by atoms with Crippen LogP contribution in [0.3, 0.4) is 0 Å². The Hall–Kier alpha value is -4.98. The summed E-state index contributed by atoms with van der Waals surface area (Å²) in [6.07, 6.45) is 10.3. The molecule has 1 saturated carbocycles. The Morgan fingerprint density at radius 2 is 1.81 bits per heavy atom. The van der Waals surface area contributed by atoms with Crippen LogP contribution in [-0.4, -0.2) is 77.1 Å². The number of rotatable bonds is 9. The first-order valence-electron chi connectivity index (χ1n) is 18.6. The number of carbonyl (C=O) groups excluding carboxylic acids is 3. The fraction of sp³-hybridized carbons (Fsp3) is 0.400. The van der Waals surface area contributed by atoms with E-state index < -0.39 is 5.54 Å². The van der Waals surface area contributed by atoms with Crippen LogP contribution in [0.2, 0.25) is 0 Å². The highest BCUT2D eigenvalue weighted by molar-refractivity contribution is 7.13. The van der Waals surface area contributed by atoms with Crippen LogP contribution in [0.15, 0.2) is 70.9 Å². The van der Waals surface area contributed by atoms with Crippen molar-refractivity contribution in [3.05, 3.63) is 77.6 Å². The Morgan fingerprint density at radius 1 is 1.00 bits per heavy atom. The van der Waals surface area contributed by atoms with E-state index in [1.54, 1.807) is 12.5 Å². The molecular formula is C40H45N7O5S. The van der Waals surface area contributed by atoms with Crippen molar-refractivity contribution >= 4 is 50.8 Å². The van der Waals surface area contributed by atoms with Gasteiger partial charge in [0.15, 0.2) is 5.13 Å². The summed E-state index contributed by atoms with van der Waals surface area (Å²) in [6.45, 7) is 3.30. The summed E-state index contributed by atoms with van der Waals surface area (Å²) in [5.74, 6) is -0.304. The fourth-order valence-electron chi connectivity index (χ4n) is 8.19. The number of nitrogens with one attached hydrogen (secondary N) is 3. The number of ether oxygens (including phenoxy) is 1. The summed E-state index contributed by atoms with van der Waals surface area (Å²) in [5.41, 5.74) is 11.3. The van der Waals surface area contributed by atoms with Gasteiger partial charge in [-0.15, -0.1) is 11.3 Å². The van der Waals surface area contributed by atoms with Gasteiger partial charge in [-0.05, 0) is 74.0 Å². The van der Waals surface area contributed by atoms with Crippen molar-refractivity contribution in [3.63, 3.8) is 0 Å². The van der Waals surface area contributed by atoms with E-state index in [1.807, 2.05) is 58.8 Å². The van der Waals surface area contributed by atoms with Gasteiger partial charge in [0.1, 0.15) is 12.1 Å². The molecule has 0 radical (unpaired) electrons. The minimum absolute atomic E-state index is 0.00708. The van der Waals surface area contributed by atoms with E-state index in [0.717, 1.165) is 72.1 Å². The van der Waals surface area contributed by atoms with E-state index in [2.05, 4.69) is 25.5 Å². The number of morpholine rings is 1. The van der Waals surface area contributed by atoms with Crippen molar-refractivity contribution in [2.45, 2.75) is 62.9 Å². The molecule has 3 amide bonds. The molecule has 5 aromatic rings. The standard InChI is InChI=1S/C40H45N7O5S/c41-39-44-32(24-53-39)26-7-10-30(11-8-26)43-38(50)40(14-4-15-42-25-40)45-37(49)28-9-12-31-33(21-28)47(22-34(48)46-16-19-51-20-17-46)36(29-13-18-52-23-29)35(31)27-5-2-1-3-6-27/h7-13,18,21,23-24,27,42H,1-6,14-17,19-20,22,25H2,(H2,41,44)(H,43,50)(H,45,49)/t40-/m0/s1. The molecule has 13 heteroatoms. The molecule has 5 N–H and O–H groups in total. The maximum absolute atomic E-state index is 14.3. The van der Waals surface area contributed by atoms with Crippen molar-refractivity contribution in [2.75, 3.05) is 50.4 Å². The van der Waals surface area contributed by atoms with Crippen LogP contribution in [0.1, 0.15) is 66.8 Å². The molecule has 3 aliphatic rings. The van der Waals surface area contributed by atoms with Crippen LogP contribution < -0.4 is 21.7 Å². The topological polar surface area (TPSA) is 157 Å². The van der Waals surface area contributed by atoms with Crippen LogP contribution in [0, 0.1) is 0 Å². The van der Waals surface area contributed by atoms with Gasteiger partial charge in [0.05, 0.1) is 42.6 Å². The summed E-state index contributed by atoms with van der Waals surface area (Å²) < 4.78 is 13.2. The Bertz CT molecular complexity index is 2090. The van der Waals surface area contributed by atoms with Gasteiger partial charge in [0, 0.05) is 52.8 Å². The molecule has 276 valence electrons. The van der Waals surface area contributed by atoms with E-state index in [-0.39, 0.29) is 24.3 Å². The molecule has 1 atom stereocenters. The maximum Gasteiger partial charge on any atom is 0.252 e. The monoisotopic (exact) mass is 735 g/mol. The summed E-state index contributed by atoms with van der Waals surface area (Å²) in [5, 5.41) is 13.0. The minimum atomic E-state index is -1.17. The molecule has 53 heavy (non-hydrogen) atoms. The van der Waals surface area contributed by atoms with E-state index in [0.29, 0.717) is 61.6 Å². The number of nitrogens with zero attached hydrogens (tertiary/aromatic N) is 3. The number of carbonyl (C=O) groups is 3. The molecule has 2 aromatic carbocycles. The number of nitrogens with two attached hydrogens (primary N) is 1. The van der Waals surface area contributed by atoms with Crippen LogP contribution >= 0.6 is 11.3 Å². The van der Waals surface area contributed by atoms with Crippen molar-refractivity contribution < 1.29 is 23.5 Å². The molecule has 3 fully saturated rings. The Labute approximate surface area is 312 Å². The zero-order valence-corrected chi connectivity index (χ0v) is 30.5.